The molecule has 2 fully saturated rings. The van der Waals surface area contributed by atoms with Gasteiger partial charge in [-0.15, -0.1) is 12.4 Å². The van der Waals surface area contributed by atoms with E-state index in [4.69, 9.17) is 4.52 Å². The van der Waals surface area contributed by atoms with E-state index in [0.717, 1.165) is 43.2 Å². The lowest BCUT2D eigenvalue weighted by Crippen LogP contribution is -2.61. The van der Waals surface area contributed by atoms with E-state index < -0.39 is 0 Å². The Bertz CT molecular complexity index is 629. The fourth-order valence-electron chi connectivity index (χ4n) is 4.15. The summed E-state index contributed by atoms with van der Waals surface area (Å²) in [6.45, 7) is 4.16. The van der Waals surface area contributed by atoms with E-state index in [1.54, 1.807) is 0 Å². The maximum Gasteiger partial charge on any atom is 0.151 e. The predicted octanol–water partition coefficient (Wildman–Crippen LogP) is 3.87. The Kier molecular flexibility index (Phi) is 5.59. The third-order valence-electron chi connectivity index (χ3n) is 5.44. The summed E-state index contributed by atoms with van der Waals surface area (Å²) in [5.74, 6) is 0.982. The molecule has 0 atom stereocenters. The van der Waals surface area contributed by atoms with Crippen molar-refractivity contribution in [2.24, 2.45) is 0 Å². The van der Waals surface area contributed by atoms with Crippen LogP contribution in [0, 0.1) is 0 Å². The minimum absolute atomic E-state index is 0. The van der Waals surface area contributed by atoms with Crippen LogP contribution in [0.1, 0.15) is 37.9 Å². The van der Waals surface area contributed by atoms with E-state index in [-0.39, 0.29) is 12.4 Å². The highest BCUT2D eigenvalue weighted by atomic mass is 35.5. The Hall–Kier alpha value is -1.36. The van der Waals surface area contributed by atoms with Gasteiger partial charge < -0.3 is 9.84 Å². The molecule has 130 valence electrons. The van der Waals surface area contributed by atoms with E-state index in [0.29, 0.717) is 5.54 Å². The van der Waals surface area contributed by atoms with Gasteiger partial charge in [0.2, 0.25) is 0 Å². The highest BCUT2D eigenvalue weighted by Gasteiger charge is 2.39. The van der Waals surface area contributed by atoms with Crippen LogP contribution in [0.5, 0.6) is 0 Å². The summed E-state index contributed by atoms with van der Waals surface area (Å²) in [6.07, 6.45) is 6.70. The largest absolute Gasteiger partial charge is 0.359 e. The third-order valence-corrected chi connectivity index (χ3v) is 5.44. The molecule has 2 heterocycles. The average molecular weight is 348 g/mol. The van der Waals surface area contributed by atoms with Crippen molar-refractivity contribution in [1.29, 1.82) is 0 Å². The van der Waals surface area contributed by atoms with E-state index in [1.165, 1.54) is 32.1 Å². The van der Waals surface area contributed by atoms with Crippen LogP contribution >= 0.6 is 12.4 Å². The number of halogens is 1. The summed E-state index contributed by atoms with van der Waals surface area (Å²) in [5, 5.41) is 7.87. The quantitative estimate of drug-likeness (QED) is 0.915. The van der Waals surface area contributed by atoms with E-state index in [2.05, 4.69) is 33.6 Å². The molecule has 1 aliphatic heterocycles. The highest BCUT2D eigenvalue weighted by Crippen LogP contribution is 2.35. The number of rotatable bonds is 3. The number of hydrogen-bond acceptors (Lipinski definition) is 4. The van der Waals surface area contributed by atoms with Crippen molar-refractivity contribution in [3.8, 4) is 11.3 Å². The van der Waals surface area contributed by atoms with Gasteiger partial charge in [-0.05, 0) is 12.8 Å². The summed E-state index contributed by atoms with van der Waals surface area (Å²) in [4.78, 5) is 2.64. The average Bonchev–Trinajstić information content (AvgIpc) is 3.07. The molecule has 1 spiro atoms. The van der Waals surface area contributed by atoms with Gasteiger partial charge in [-0.2, -0.15) is 0 Å². The number of benzene rings is 1. The lowest BCUT2D eigenvalue weighted by molar-refractivity contribution is 0.0148. The summed E-state index contributed by atoms with van der Waals surface area (Å²) in [6, 6.07) is 12.4. The molecule has 2 aromatic rings. The molecule has 24 heavy (non-hydrogen) atoms. The van der Waals surface area contributed by atoms with Crippen molar-refractivity contribution in [3.63, 3.8) is 0 Å². The predicted molar refractivity (Wildman–Crippen MR) is 98.3 cm³/mol. The molecule has 0 bridgehead atoms. The Morgan fingerprint density at radius 3 is 2.71 bits per heavy atom. The minimum Gasteiger partial charge on any atom is -0.359 e. The summed E-state index contributed by atoms with van der Waals surface area (Å²) in [7, 11) is 0. The number of aromatic nitrogens is 1. The lowest BCUT2D eigenvalue weighted by Gasteiger charge is -2.49. The van der Waals surface area contributed by atoms with Crippen molar-refractivity contribution in [2.75, 3.05) is 19.6 Å². The summed E-state index contributed by atoms with van der Waals surface area (Å²) in [5.41, 5.74) is 2.39. The molecule has 1 aliphatic carbocycles. The Balaban J connectivity index is 0.00000169. The summed E-state index contributed by atoms with van der Waals surface area (Å²) >= 11 is 0. The molecule has 1 N–H and O–H groups in total. The second-order valence-electron chi connectivity index (χ2n) is 6.93. The molecule has 1 aromatic carbocycles. The van der Waals surface area contributed by atoms with Crippen LogP contribution in [0.4, 0.5) is 0 Å². The molecule has 4 nitrogen and oxygen atoms in total. The number of nitrogens with zero attached hydrogens (tertiary/aromatic N) is 2. The zero-order valence-electron chi connectivity index (χ0n) is 14.0. The van der Waals surface area contributed by atoms with Crippen LogP contribution in [0.25, 0.3) is 11.3 Å². The van der Waals surface area contributed by atoms with Gasteiger partial charge in [-0.3, -0.25) is 4.90 Å². The first kappa shape index (κ1) is 17.5. The molecule has 2 aliphatic rings. The molecule has 1 saturated heterocycles. The fourth-order valence-corrected chi connectivity index (χ4v) is 4.15. The van der Waals surface area contributed by atoms with Crippen LogP contribution < -0.4 is 5.32 Å². The molecule has 1 saturated carbocycles. The van der Waals surface area contributed by atoms with Gasteiger partial charge in [-0.25, -0.2) is 0 Å². The first-order chi connectivity index (χ1) is 11.4. The second-order valence-corrected chi connectivity index (χ2v) is 6.93. The molecule has 5 heteroatoms. The molecule has 0 radical (unpaired) electrons. The van der Waals surface area contributed by atoms with Crippen LogP contribution in [-0.2, 0) is 6.54 Å². The topological polar surface area (TPSA) is 41.3 Å². The lowest BCUT2D eigenvalue weighted by atomic mass is 9.79. The van der Waals surface area contributed by atoms with Gasteiger partial charge in [-0.1, -0.05) is 54.8 Å². The maximum atomic E-state index is 5.64. The third kappa shape index (κ3) is 3.51. The monoisotopic (exact) mass is 347 g/mol. The fraction of sp³-hybridized carbons (Fsp3) is 0.526. The smallest absolute Gasteiger partial charge is 0.151 e. The maximum absolute atomic E-state index is 5.64. The SMILES string of the molecule is Cl.c1ccc(-c2cc(CN3CCNCC34CCCCC4)on2)cc1. The van der Waals surface area contributed by atoms with E-state index in [9.17, 15) is 0 Å². The highest BCUT2D eigenvalue weighted by molar-refractivity contribution is 5.85. The van der Waals surface area contributed by atoms with Crippen LogP contribution in [-0.4, -0.2) is 35.2 Å². The van der Waals surface area contributed by atoms with Crippen LogP contribution in [0.3, 0.4) is 0 Å². The van der Waals surface area contributed by atoms with Crippen molar-refractivity contribution < 1.29 is 4.52 Å². The van der Waals surface area contributed by atoms with Crippen molar-refractivity contribution in [1.82, 2.24) is 15.4 Å². The Morgan fingerprint density at radius 1 is 1.12 bits per heavy atom. The minimum atomic E-state index is 0. The normalized spacial score (nSPS) is 20.7. The first-order valence-electron chi connectivity index (χ1n) is 8.83. The van der Waals surface area contributed by atoms with Gasteiger partial charge in [0.15, 0.2) is 5.76 Å². The zero-order valence-corrected chi connectivity index (χ0v) is 14.9. The molecule has 1 aromatic heterocycles. The standard InChI is InChI=1S/C19H25N3O.ClH/c1-3-7-16(8-4-1)18-13-17(23-21-18)14-22-12-11-20-15-19(22)9-5-2-6-10-19;/h1,3-4,7-8,13,20H,2,5-6,9-12,14-15H2;1H. The number of piperazine rings is 1. The first-order valence-corrected chi connectivity index (χ1v) is 8.83. The molecular weight excluding hydrogens is 322 g/mol. The Morgan fingerprint density at radius 2 is 1.92 bits per heavy atom. The number of hydrogen-bond donors (Lipinski definition) is 1. The van der Waals surface area contributed by atoms with Crippen molar-refractivity contribution in [2.45, 2.75) is 44.2 Å². The van der Waals surface area contributed by atoms with E-state index in [1.807, 2.05) is 18.2 Å². The Labute approximate surface area is 150 Å². The van der Waals surface area contributed by atoms with Crippen molar-refractivity contribution in [3.05, 3.63) is 42.2 Å². The second kappa shape index (κ2) is 7.68. The van der Waals surface area contributed by atoms with Gasteiger partial charge >= 0.3 is 0 Å². The van der Waals surface area contributed by atoms with Crippen LogP contribution in [0.2, 0.25) is 0 Å². The van der Waals surface area contributed by atoms with Gasteiger partial charge in [0.1, 0.15) is 5.69 Å². The molecule has 0 unspecified atom stereocenters. The molecular formula is C19H26ClN3O. The molecule has 0 amide bonds. The zero-order chi connectivity index (χ0) is 15.5. The van der Waals surface area contributed by atoms with Gasteiger partial charge in [0, 0.05) is 36.8 Å². The van der Waals surface area contributed by atoms with E-state index >= 15 is 0 Å². The van der Waals surface area contributed by atoms with Gasteiger partial charge in [0.05, 0.1) is 6.54 Å². The summed E-state index contributed by atoms with van der Waals surface area (Å²) < 4.78 is 5.64. The van der Waals surface area contributed by atoms with Crippen molar-refractivity contribution >= 4 is 12.4 Å². The van der Waals surface area contributed by atoms with Gasteiger partial charge in [0.25, 0.3) is 0 Å². The number of nitrogens with one attached hydrogen (secondary N) is 1. The molecule has 4 rings (SSSR count). The van der Waals surface area contributed by atoms with Crippen LogP contribution in [0.15, 0.2) is 40.9 Å².